The molecule has 3 amide bonds. The van der Waals surface area contributed by atoms with E-state index < -0.39 is 5.25 Å². The molecule has 1 fully saturated rings. The Morgan fingerprint density at radius 1 is 1.17 bits per heavy atom. The van der Waals surface area contributed by atoms with Crippen molar-refractivity contribution in [1.82, 2.24) is 10.2 Å². The number of carbonyl (C=O) groups excluding carboxylic acids is 3. The van der Waals surface area contributed by atoms with Gasteiger partial charge in [0.25, 0.3) is 0 Å². The van der Waals surface area contributed by atoms with Gasteiger partial charge >= 0.3 is 0 Å². The molecular formula is C23H25N3O3S. The van der Waals surface area contributed by atoms with Gasteiger partial charge in [0.15, 0.2) is 5.25 Å². The van der Waals surface area contributed by atoms with Crippen molar-refractivity contribution in [3.05, 3.63) is 59.7 Å². The van der Waals surface area contributed by atoms with Gasteiger partial charge in [-0.2, -0.15) is 0 Å². The largest absolute Gasteiger partial charge is 0.352 e. The average molecular weight is 424 g/mol. The molecule has 7 heteroatoms. The van der Waals surface area contributed by atoms with Crippen molar-refractivity contribution in [2.75, 3.05) is 18.4 Å². The van der Waals surface area contributed by atoms with Gasteiger partial charge < -0.3 is 15.5 Å². The number of fused-ring (bicyclic) bond motifs is 1. The van der Waals surface area contributed by atoms with Crippen molar-refractivity contribution in [2.24, 2.45) is 5.92 Å². The molecule has 2 aliphatic rings. The van der Waals surface area contributed by atoms with Crippen molar-refractivity contribution in [3.63, 3.8) is 0 Å². The summed E-state index contributed by atoms with van der Waals surface area (Å²) in [6.07, 6.45) is 1.50. The third kappa shape index (κ3) is 4.51. The Morgan fingerprint density at radius 2 is 1.93 bits per heavy atom. The predicted molar refractivity (Wildman–Crippen MR) is 117 cm³/mol. The molecule has 0 spiro atoms. The monoisotopic (exact) mass is 423 g/mol. The Kier molecular flexibility index (Phi) is 6.08. The van der Waals surface area contributed by atoms with Crippen LogP contribution in [0.3, 0.4) is 0 Å². The van der Waals surface area contributed by atoms with Gasteiger partial charge in [0, 0.05) is 24.5 Å². The lowest BCUT2D eigenvalue weighted by Crippen LogP contribution is -2.50. The molecule has 2 aromatic rings. The number of nitrogens with one attached hydrogen (secondary N) is 2. The van der Waals surface area contributed by atoms with Gasteiger partial charge in [0.1, 0.15) is 0 Å². The van der Waals surface area contributed by atoms with Crippen LogP contribution in [-0.2, 0) is 20.9 Å². The number of hydrogen-bond acceptors (Lipinski definition) is 4. The molecule has 6 nitrogen and oxygen atoms in total. The second kappa shape index (κ2) is 8.92. The van der Waals surface area contributed by atoms with Crippen LogP contribution >= 0.6 is 11.8 Å². The van der Waals surface area contributed by atoms with E-state index in [9.17, 15) is 14.4 Å². The number of likely N-dealkylation sites (tertiary alicyclic amines) is 1. The van der Waals surface area contributed by atoms with Crippen molar-refractivity contribution >= 4 is 35.2 Å². The molecule has 4 rings (SSSR count). The normalized spacial score (nSPS) is 20.8. The Labute approximate surface area is 180 Å². The van der Waals surface area contributed by atoms with Crippen LogP contribution in [0.2, 0.25) is 0 Å². The summed E-state index contributed by atoms with van der Waals surface area (Å²) in [5.74, 6) is -0.811. The van der Waals surface area contributed by atoms with Crippen LogP contribution < -0.4 is 10.6 Å². The highest BCUT2D eigenvalue weighted by Crippen LogP contribution is 2.36. The van der Waals surface area contributed by atoms with Crippen molar-refractivity contribution in [3.8, 4) is 0 Å². The summed E-state index contributed by atoms with van der Waals surface area (Å²) >= 11 is 1.28. The van der Waals surface area contributed by atoms with Crippen molar-refractivity contribution < 1.29 is 14.4 Å². The summed E-state index contributed by atoms with van der Waals surface area (Å²) < 4.78 is 0. The van der Waals surface area contributed by atoms with Crippen LogP contribution in [-0.4, -0.2) is 41.0 Å². The highest BCUT2D eigenvalue weighted by Gasteiger charge is 2.38. The topological polar surface area (TPSA) is 78.5 Å². The van der Waals surface area contributed by atoms with Crippen LogP contribution in [0.15, 0.2) is 53.4 Å². The average Bonchev–Trinajstić information content (AvgIpc) is 2.77. The molecule has 2 heterocycles. The lowest BCUT2D eigenvalue weighted by atomic mass is 9.96. The van der Waals surface area contributed by atoms with Gasteiger partial charge in [0.05, 0.1) is 11.6 Å². The van der Waals surface area contributed by atoms with E-state index in [0.29, 0.717) is 19.6 Å². The van der Waals surface area contributed by atoms with Crippen LogP contribution in [0.25, 0.3) is 0 Å². The molecular weight excluding hydrogens is 398 g/mol. The summed E-state index contributed by atoms with van der Waals surface area (Å²) in [6.45, 7) is 3.43. The molecule has 1 saturated heterocycles. The number of thioether (sulfide) groups is 1. The standard InChI is InChI=1S/C23H25N3O3S/c1-15-8-10-16(11-9-15)13-24-21(27)17-5-4-12-26(14-17)23(29)20-22(28)25-18-6-2-3-7-19(18)30-20/h2-3,6-11,17,20H,4-5,12-14H2,1H3,(H,24,27)(H,25,28)/t17-,20-/m0/s1. The number of aryl methyl sites for hydroxylation is 1. The maximum absolute atomic E-state index is 13.1. The van der Waals surface area contributed by atoms with E-state index in [1.807, 2.05) is 55.5 Å². The van der Waals surface area contributed by atoms with Gasteiger partial charge in [0.2, 0.25) is 17.7 Å². The van der Waals surface area contributed by atoms with E-state index in [0.717, 1.165) is 29.0 Å². The molecule has 0 aliphatic carbocycles. The molecule has 2 aromatic carbocycles. The molecule has 0 bridgehead atoms. The second-order valence-electron chi connectivity index (χ2n) is 7.81. The Hall–Kier alpha value is -2.80. The number of para-hydroxylation sites is 1. The minimum Gasteiger partial charge on any atom is -0.352 e. The zero-order chi connectivity index (χ0) is 21.1. The molecule has 0 aromatic heterocycles. The number of anilines is 1. The van der Waals surface area contributed by atoms with Gasteiger partial charge in [-0.05, 0) is 37.5 Å². The minimum absolute atomic E-state index is 0.0424. The quantitative estimate of drug-likeness (QED) is 0.741. The first-order chi connectivity index (χ1) is 14.5. The smallest absolute Gasteiger partial charge is 0.247 e. The zero-order valence-electron chi connectivity index (χ0n) is 16.9. The van der Waals surface area contributed by atoms with Gasteiger partial charge in [-0.15, -0.1) is 11.8 Å². The Morgan fingerprint density at radius 3 is 2.73 bits per heavy atom. The fraction of sp³-hybridized carbons (Fsp3) is 0.348. The first-order valence-corrected chi connectivity index (χ1v) is 11.1. The number of amides is 3. The lowest BCUT2D eigenvalue weighted by molar-refractivity contribution is -0.137. The van der Waals surface area contributed by atoms with Gasteiger partial charge in [-0.1, -0.05) is 42.0 Å². The van der Waals surface area contributed by atoms with Gasteiger partial charge in [-0.3, -0.25) is 14.4 Å². The van der Waals surface area contributed by atoms with E-state index in [4.69, 9.17) is 0 Å². The number of hydrogen-bond donors (Lipinski definition) is 2. The molecule has 0 saturated carbocycles. The predicted octanol–water partition coefficient (Wildman–Crippen LogP) is 2.96. The third-order valence-electron chi connectivity index (χ3n) is 5.54. The van der Waals surface area contributed by atoms with E-state index in [1.165, 1.54) is 17.3 Å². The maximum atomic E-state index is 13.1. The number of rotatable bonds is 4. The zero-order valence-corrected chi connectivity index (χ0v) is 17.7. The summed E-state index contributed by atoms with van der Waals surface area (Å²) in [4.78, 5) is 40.8. The molecule has 2 N–H and O–H groups in total. The van der Waals surface area contributed by atoms with Crippen LogP contribution in [0.1, 0.15) is 24.0 Å². The molecule has 0 radical (unpaired) electrons. The Bertz CT molecular complexity index is 960. The molecule has 30 heavy (non-hydrogen) atoms. The van der Waals surface area contributed by atoms with E-state index in [-0.39, 0.29) is 23.6 Å². The van der Waals surface area contributed by atoms with Crippen LogP contribution in [0.4, 0.5) is 5.69 Å². The molecule has 2 atom stereocenters. The number of carbonyl (C=O) groups is 3. The van der Waals surface area contributed by atoms with Crippen molar-refractivity contribution in [1.29, 1.82) is 0 Å². The van der Waals surface area contributed by atoms with Gasteiger partial charge in [-0.25, -0.2) is 0 Å². The minimum atomic E-state index is -0.811. The Balaban J connectivity index is 1.36. The van der Waals surface area contributed by atoms with E-state index in [1.54, 1.807) is 4.90 Å². The second-order valence-corrected chi connectivity index (χ2v) is 8.96. The van der Waals surface area contributed by atoms with Crippen LogP contribution in [0.5, 0.6) is 0 Å². The number of piperidine rings is 1. The SMILES string of the molecule is Cc1ccc(CNC(=O)[C@H]2CCCN(C(=O)[C@H]3Sc4ccccc4NC3=O)C2)cc1. The van der Waals surface area contributed by atoms with E-state index in [2.05, 4.69) is 10.6 Å². The number of nitrogens with zero attached hydrogens (tertiary/aromatic N) is 1. The maximum Gasteiger partial charge on any atom is 0.247 e. The van der Waals surface area contributed by atoms with E-state index >= 15 is 0 Å². The third-order valence-corrected chi connectivity index (χ3v) is 6.80. The molecule has 156 valence electrons. The molecule has 2 aliphatic heterocycles. The molecule has 0 unspecified atom stereocenters. The van der Waals surface area contributed by atoms with Crippen molar-refractivity contribution in [2.45, 2.75) is 36.5 Å². The summed E-state index contributed by atoms with van der Waals surface area (Å²) in [5.41, 5.74) is 2.97. The highest BCUT2D eigenvalue weighted by molar-refractivity contribution is 8.01. The fourth-order valence-corrected chi connectivity index (χ4v) is 4.88. The van der Waals surface area contributed by atoms with Crippen LogP contribution in [0, 0.1) is 12.8 Å². The summed E-state index contributed by atoms with van der Waals surface area (Å²) in [7, 11) is 0. The fourth-order valence-electron chi connectivity index (χ4n) is 3.81. The first kappa shape index (κ1) is 20.5. The summed E-state index contributed by atoms with van der Waals surface area (Å²) in [5, 5.41) is 5.00. The lowest BCUT2D eigenvalue weighted by Gasteiger charge is -2.35. The summed E-state index contributed by atoms with van der Waals surface area (Å²) in [6, 6.07) is 15.5. The highest BCUT2D eigenvalue weighted by atomic mass is 32.2. The number of benzene rings is 2. The first-order valence-electron chi connectivity index (χ1n) is 10.2.